The van der Waals surface area contributed by atoms with Crippen LogP contribution in [0.1, 0.15) is 5.82 Å². The number of alkyl halides is 3. The fourth-order valence-corrected chi connectivity index (χ4v) is 0.877. The second kappa shape index (κ2) is 3.41. The van der Waals surface area contributed by atoms with E-state index >= 15 is 0 Å². The lowest BCUT2D eigenvalue weighted by Crippen LogP contribution is -2.24. The van der Waals surface area contributed by atoms with Gasteiger partial charge in [-0.25, -0.2) is 4.98 Å². The predicted molar refractivity (Wildman–Crippen MR) is 42.7 cm³/mol. The molecule has 0 saturated carbocycles. The topological polar surface area (TPSA) is 34.9 Å². The van der Waals surface area contributed by atoms with Gasteiger partial charge in [0.2, 0.25) is 5.78 Å². The van der Waals surface area contributed by atoms with Crippen LogP contribution in [0.4, 0.5) is 8.78 Å². The number of ketones is 1. The zero-order valence-electron chi connectivity index (χ0n) is 6.80. The maximum Gasteiger partial charge on any atom is 0.380 e. The molecule has 0 amide bonds. The van der Waals surface area contributed by atoms with Gasteiger partial charge in [-0.15, -0.1) is 0 Å². The van der Waals surface area contributed by atoms with Gasteiger partial charge in [-0.2, -0.15) is 8.78 Å². The molecule has 0 aliphatic rings. The molecule has 0 N–H and O–H groups in total. The first-order valence-corrected chi connectivity index (χ1v) is 3.85. The Bertz CT molecular complexity index is 319. The van der Waals surface area contributed by atoms with E-state index in [-0.39, 0.29) is 5.82 Å². The van der Waals surface area contributed by atoms with Gasteiger partial charge in [-0.05, 0) is 11.6 Å². The molecule has 6 heteroatoms. The van der Waals surface area contributed by atoms with Crippen LogP contribution in [0.5, 0.6) is 0 Å². The van der Waals surface area contributed by atoms with Crippen LogP contribution in [0.15, 0.2) is 12.4 Å². The molecule has 72 valence electrons. The maximum absolute atomic E-state index is 12.2. The van der Waals surface area contributed by atoms with Gasteiger partial charge in [0.1, 0.15) is 5.82 Å². The number of halogens is 3. The number of hydrogen-bond acceptors (Lipinski definition) is 2. The Labute approximate surface area is 78.3 Å². The molecule has 1 aromatic rings. The summed E-state index contributed by atoms with van der Waals surface area (Å²) < 4.78 is 25.9. The summed E-state index contributed by atoms with van der Waals surface area (Å²) in [5.41, 5.74) is 0. The van der Waals surface area contributed by atoms with Crippen LogP contribution >= 0.6 is 11.6 Å². The van der Waals surface area contributed by atoms with Gasteiger partial charge in [0.15, 0.2) is 0 Å². The van der Waals surface area contributed by atoms with Crippen molar-refractivity contribution in [1.29, 1.82) is 0 Å². The van der Waals surface area contributed by atoms with E-state index in [1.54, 1.807) is 13.2 Å². The molecule has 0 bridgehead atoms. The van der Waals surface area contributed by atoms with Crippen LogP contribution < -0.4 is 0 Å². The summed E-state index contributed by atoms with van der Waals surface area (Å²) >= 11 is 4.53. The first-order valence-electron chi connectivity index (χ1n) is 3.47. The van der Waals surface area contributed by atoms with Crippen molar-refractivity contribution in [3.63, 3.8) is 0 Å². The highest BCUT2D eigenvalue weighted by atomic mass is 35.5. The first kappa shape index (κ1) is 10.1. The molecule has 0 unspecified atom stereocenters. The molecule has 3 nitrogen and oxygen atoms in total. The summed E-state index contributed by atoms with van der Waals surface area (Å²) in [6.07, 6.45) is 2.53. The highest BCUT2D eigenvalue weighted by molar-refractivity contribution is 6.32. The van der Waals surface area contributed by atoms with Gasteiger partial charge in [0.05, 0.1) is 6.42 Å². The van der Waals surface area contributed by atoms with Crippen molar-refractivity contribution in [2.75, 3.05) is 0 Å². The van der Waals surface area contributed by atoms with E-state index in [1.807, 2.05) is 0 Å². The summed E-state index contributed by atoms with van der Waals surface area (Å²) in [4.78, 5) is 14.5. The first-order chi connectivity index (χ1) is 5.91. The second-order valence-corrected chi connectivity index (χ2v) is 3.03. The maximum atomic E-state index is 12.2. The molecule has 13 heavy (non-hydrogen) atoms. The number of rotatable bonds is 3. The van der Waals surface area contributed by atoms with E-state index < -0.39 is 17.6 Å². The minimum atomic E-state index is -3.80. The standard InChI is InChI=1S/C7H7ClF2N2O/c1-12-3-2-11-6(12)4-5(13)7(8,9)10/h2-3H,4H2,1H3. The summed E-state index contributed by atoms with van der Waals surface area (Å²) in [5.74, 6) is -1.08. The van der Waals surface area contributed by atoms with Crippen molar-refractivity contribution < 1.29 is 13.6 Å². The van der Waals surface area contributed by atoms with Crippen LogP contribution in [0, 0.1) is 0 Å². The van der Waals surface area contributed by atoms with Crippen LogP contribution in [-0.2, 0) is 18.3 Å². The Kier molecular flexibility index (Phi) is 2.66. The van der Waals surface area contributed by atoms with E-state index in [0.29, 0.717) is 0 Å². The number of nitrogens with zero attached hydrogens (tertiary/aromatic N) is 2. The van der Waals surface area contributed by atoms with Crippen LogP contribution in [-0.4, -0.2) is 20.7 Å². The molecule has 0 atom stereocenters. The molecule has 1 aromatic heterocycles. The van der Waals surface area contributed by atoms with Crippen molar-refractivity contribution in [1.82, 2.24) is 9.55 Å². The van der Waals surface area contributed by atoms with Gasteiger partial charge in [0, 0.05) is 19.4 Å². The molecule has 1 heterocycles. The van der Waals surface area contributed by atoms with Gasteiger partial charge in [-0.3, -0.25) is 4.79 Å². The molecule has 0 saturated heterocycles. The number of Topliss-reactive ketones (excluding diaryl/α,β-unsaturated/α-hetero) is 1. The zero-order chi connectivity index (χ0) is 10.1. The number of hydrogen-bond donors (Lipinski definition) is 0. The molecule has 0 spiro atoms. The van der Waals surface area contributed by atoms with E-state index in [4.69, 9.17) is 0 Å². The lowest BCUT2D eigenvalue weighted by molar-refractivity contribution is -0.132. The van der Waals surface area contributed by atoms with Gasteiger partial charge < -0.3 is 4.57 Å². The molecule has 0 aliphatic heterocycles. The molecule has 0 radical (unpaired) electrons. The lowest BCUT2D eigenvalue weighted by Gasteiger charge is -2.05. The molecule has 0 aromatic carbocycles. The van der Waals surface area contributed by atoms with Gasteiger partial charge >= 0.3 is 5.38 Å². The molecule has 1 rings (SSSR count). The Morgan fingerprint density at radius 1 is 1.77 bits per heavy atom. The van der Waals surface area contributed by atoms with E-state index in [9.17, 15) is 13.6 Å². The third-order valence-electron chi connectivity index (χ3n) is 1.56. The van der Waals surface area contributed by atoms with Crippen LogP contribution in [0.2, 0.25) is 0 Å². The lowest BCUT2D eigenvalue weighted by atomic mass is 10.3. The van der Waals surface area contributed by atoms with Crippen molar-refractivity contribution in [3.8, 4) is 0 Å². The SMILES string of the molecule is Cn1ccnc1CC(=O)C(F)(F)Cl. The van der Waals surface area contributed by atoms with Crippen molar-refractivity contribution in [2.24, 2.45) is 7.05 Å². The fraction of sp³-hybridized carbons (Fsp3) is 0.429. The number of imidazole rings is 1. The Morgan fingerprint density at radius 3 is 2.77 bits per heavy atom. The average Bonchev–Trinajstić information content (AvgIpc) is 2.34. The van der Waals surface area contributed by atoms with Gasteiger partial charge in [-0.1, -0.05) is 0 Å². The minimum absolute atomic E-state index is 0.269. The Hall–Kier alpha value is -0.970. The minimum Gasteiger partial charge on any atom is -0.338 e. The zero-order valence-corrected chi connectivity index (χ0v) is 7.55. The number of carbonyl (C=O) groups excluding carboxylic acids is 1. The highest BCUT2D eigenvalue weighted by Gasteiger charge is 2.35. The molecular formula is C7H7ClF2N2O. The Morgan fingerprint density at radius 2 is 2.38 bits per heavy atom. The third-order valence-corrected chi connectivity index (χ3v) is 1.77. The number of aryl methyl sites for hydroxylation is 1. The quantitative estimate of drug-likeness (QED) is 0.703. The van der Waals surface area contributed by atoms with E-state index in [0.717, 1.165) is 0 Å². The third kappa shape index (κ3) is 2.48. The molecule has 0 aliphatic carbocycles. The van der Waals surface area contributed by atoms with E-state index in [2.05, 4.69) is 16.6 Å². The second-order valence-electron chi connectivity index (χ2n) is 2.55. The molecular weight excluding hydrogens is 202 g/mol. The summed E-state index contributed by atoms with van der Waals surface area (Å²) in [6.45, 7) is 0. The summed E-state index contributed by atoms with van der Waals surface area (Å²) in [6, 6.07) is 0. The number of carbonyl (C=O) groups is 1. The summed E-state index contributed by atoms with van der Waals surface area (Å²) in [5, 5.41) is -3.80. The van der Waals surface area contributed by atoms with Crippen molar-refractivity contribution >= 4 is 17.4 Å². The van der Waals surface area contributed by atoms with Crippen molar-refractivity contribution in [2.45, 2.75) is 11.8 Å². The highest BCUT2D eigenvalue weighted by Crippen LogP contribution is 2.21. The van der Waals surface area contributed by atoms with Gasteiger partial charge in [0.25, 0.3) is 0 Å². The summed E-state index contributed by atoms with van der Waals surface area (Å²) in [7, 11) is 1.61. The normalized spacial score (nSPS) is 11.7. The van der Waals surface area contributed by atoms with E-state index in [1.165, 1.54) is 10.8 Å². The predicted octanol–water partition coefficient (Wildman–Crippen LogP) is 1.36. The average molecular weight is 209 g/mol. The fourth-order valence-electron chi connectivity index (χ4n) is 0.811. The van der Waals surface area contributed by atoms with Crippen LogP contribution in [0.25, 0.3) is 0 Å². The monoisotopic (exact) mass is 208 g/mol. The van der Waals surface area contributed by atoms with Crippen LogP contribution in [0.3, 0.4) is 0 Å². The Balaban J connectivity index is 2.71. The van der Waals surface area contributed by atoms with Crippen molar-refractivity contribution in [3.05, 3.63) is 18.2 Å². The smallest absolute Gasteiger partial charge is 0.338 e. The largest absolute Gasteiger partial charge is 0.380 e. The molecule has 0 fully saturated rings. The number of aromatic nitrogens is 2.